The Labute approximate surface area is 138 Å². The number of nitrogens with one attached hydrogen (secondary N) is 1. The molecule has 5 heteroatoms. The Morgan fingerprint density at radius 1 is 1.43 bits per heavy atom. The van der Waals surface area contributed by atoms with Crippen molar-refractivity contribution in [2.45, 2.75) is 58.1 Å². The number of rotatable bonds is 3. The highest BCUT2D eigenvalue weighted by atomic mass is 16.6. The van der Waals surface area contributed by atoms with Gasteiger partial charge in [0, 0.05) is 37.7 Å². The lowest BCUT2D eigenvalue weighted by atomic mass is 9.93. The topological polar surface area (TPSA) is 54.7 Å². The van der Waals surface area contributed by atoms with Crippen LogP contribution in [0.4, 0.5) is 4.79 Å². The summed E-state index contributed by atoms with van der Waals surface area (Å²) < 4.78 is 11.0. The molecule has 0 aromatic carbocycles. The summed E-state index contributed by atoms with van der Waals surface area (Å²) in [5, 5.41) is 3.67. The highest BCUT2D eigenvalue weighted by molar-refractivity contribution is 5.68. The summed E-state index contributed by atoms with van der Waals surface area (Å²) in [6, 6.07) is 2.49. The number of ether oxygens (including phenoxy) is 1. The van der Waals surface area contributed by atoms with E-state index in [2.05, 4.69) is 11.4 Å². The summed E-state index contributed by atoms with van der Waals surface area (Å²) >= 11 is 0. The normalized spacial score (nSPS) is 24.6. The first-order valence-corrected chi connectivity index (χ1v) is 8.70. The van der Waals surface area contributed by atoms with E-state index < -0.39 is 5.60 Å². The summed E-state index contributed by atoms with van der Waals surface area (Å²) in [7, 11) is 0. The number of nitrogens with zero attached hydrogens (tertiary/aromatic N) is 1. The van der Waals surface area contributed by atoms with Crippen LogP contribution in [0.25, 0.3) is 0 Å². The van der Waals surface area contributed by atoms with Crippen LogP contribution in [0.15, 0.2) is 16.7 Å². The molecule has 1 saturated heterocycles. The third-order valence-corrected chi connectivity index (χ3v) is 4.64. The van der Waals surface area contributed by atoms with E-state index in [1.54, 1.807) is 6.26 Å². The van der Waals surface area contributed by atoms with Crippen LogP contribution in [-0.4, -0.2) is 36.2 Å². The molecule has 5 nitrogen and oxygen atoms in total. The fourth-order valence-corrected chi connectivity index (χ4v) is 3.50. The molecule has 1 N–H and O–H groups in total. The van der Waals surface area contributed by atoms with Crippen molar-refractivity contribution >= 4 is 6.09 Å². The molecule has 128 valence electrons. The van der Waals surface area contributed by atoms with Gasteiger partial charge in [0.05, 0.1) is 6.26 Å². The summed E-state index contributed by atoms with van der Waals surface area (Å²) in [5.41, 5.74) is 0.894. The highest BCUT2D eigenvalue weighted by Crippen LogP contribution is 2.31. The van der Waals surface area contributed by atoms with Crippen molar-refractivity contribution in [2.24, 2.45) is 5.92 Å². The zero-order valence-corrected chi connectivity index (χ0v) is 14.4. The summed E-state index contributed by atoms with van der Waals surface area (Å²) in [6.45, 7) is 8.24. The first kappa shape index (κ1) is 16.4. The number of hydrogen-bond acceptors (Lipinski definition) is 4. The van der Waals surface area contributed by atoms with Gasteiger partial charge in [-0.1, -0.05) is 0 Å². The molecule has 0 spiro atoms. The van der Waals surface area contributed by atoms with E-state index in [0.717, 1.165) is 44.7 Å². The quantitative estimate of drug-likeness (QED) is 0.926. The maximum absolute atomic E-state index is 12.1. The largest absolute Gasteiger partial charge is 0.469 e. The molecule has 1 fully saturated rings. The molecule has 0 bridgehead atoms. The molecule has 1 aromatic rings. The minimum atomic E-state index is -0.423. The molecule has 1 amide bonds. The zero-order chi connectivity index (χ0) is 16.4. The Bertz CT molecular complexity index is 547. The number of aryl methyl sites for hydroxylation is 1. The van der Waals surface area contributed by atoms with E-state index in [4.69, 9.17) is 9.15 Å². The van der Waals surface area contributed by atoms with E-state index in [9.17, 15) is 4.79 Å². The number of fused-ring (bicyclic) bond motifs is 1. The second-order valence-electron chi connectivity index (χ2n) is 7.73. The Balaban J connectivity index is 1.47. The fourth-order valence-electron chi connectivity index (χ4n) is 3.50. The van der Waals surface area contributed by atoms with Crippen LogP contribution in [-0.2, 0) is 11.2 Å². The van der Waals surface area contributed by atoms with Crippen molar-refractivity contribution < 1.29 is 13.9 Å². The third-order valence-electron chi connectivity index (χ3n) is 4.64. The molecular formula is C18H28N2O3. The maximum atomic E-state index is 12.1. The molecule has 23 heavy (non-hydrogen) atoms. The lowest BCUT2D eigenvalue weighted by Gasteiger charge is -2.25. The number of carbonyl (C=O) groups excluding carboxylic acids is 1. The van der Waals surface area contributed by atoms with Gasteiger partial charge in [-0.3, -0.25) is 0 Å². The van der Waals surface area contributed by atoms with Crippen molar-refractivity contribution in [1.82, 2.24) is 10.2 Å². The van der Waals surface area contributed by atoms with Crippen LogP contribution < -0.4 is 5.32 Å². The van der Waals surface area contributed by atoms with Gasteiger partial charge in [-0.05, 0) is 52.0 Å². The predicted molar refractivity (Wildman–Crippen MR) is 88.3 cm³/mol. The average Bonchev–Trinajstić information content (AvgIpc) is 3.12. The highest BCUT2D eigenvalue weighted by Gasteiger charge is 2.30. The van der Waals surface area contributed by atoms with Gasteiger partial charge in [-0.2, -0.15) is 0 Å². The third kappa shape index (κ3) is 4.08. The molecule has 1 aliphatic carbocycles. The Morgan fingerprint density at radius 2 is 2.26 bits per heavy atom. The van der Waals surface area contributed by atoms with Crippen molar-refractivity contribution in [3.8, 4) is 0 Å². The molecule has 2 aliphatic rings. The maximum Gasteiger partial charge on any atom is 0.410 e. The molecule has 3 rings (SSSR count). The van der Waals surface area contributed by atoms with Crippen LogP contribution in [0.2, 0.25) is 0 Å². The Morgan fingerprint density at radius 3 is 3.04 bits per heavy atom. The summed E-state index contributed by atoms with van der Waals surface area (Å²) in [6.07, 6.45) is 6.04. The zero-order valence-electron chi connectivity index (χ0n) is 14.4. The number of amides is 1. The molecule has 2 unspecified atom stereocenters. The Hall–Kier alpha value is -1.49. The first-order valence-electron chi connectivity index (χ1n) is 8.70. The van der Waals surface area contributed by atoms with Crippen molar-refractivity contribution in [3.63, 3.8) is 0 Å². The van der Waals surface area contributed by atoms with Crippen molar-refractivity contribution in [3.05, 3.63) is 23.7 Å². The van der Waals surface area contributed by atoms with E-state index >= 15 is 0 Å². The standard InChI is InChI=1S/C18H28N2O3/c1-18(2,3)23-17(21)20-9-7-13(12-20)11-19-15-5-4-6-16-14(15)8-10-22-16/h8,10,13,15,19H,4-7,9,11-12H2,1-3H3. The van der Waals surface area contributed by atoms with Crippen LogP contribution >= 0.6 is 0 Å². The minimum Gasteiger partial charge on any atom is -0.469 e. The number of furan rings is 1. The predicted octanol–water partition coefficient (Wildman–Crippen LogP) is 3.50. The van der Waals surface area contributed by atoms with Gasteiger partial charge in [0.2, 0.25) is 0 Å². The van der Waals surface area contributed by atoms with Crippen molar-refractivity contribution in [1.29, 1.82) is 0 Å². The van der Waals surface area contributed by atoms with E-state index in [1.165, 1.54) is 12.0 Å². The summed E-state index contributed by atoms with van der Waals surface area (Å²) in [5.74, 6) is 1.63. The number of carbonyl (C=O) groups is 1. The monoisotopic (exact) mass is 320 g/mol. The van der Waals surface area contributed by atoms with Gasteiger partial charge >= 0.3 is 6.09 Å². The minimum absolute atomic E-state index is 0.185. The lowest BCUT2D eigenvalue weighted by molar-refractivity contribution is 0.0288. The van der Waals surface area contributed by atoms with Gasteiger partial charge < -0.3 is 19.4 Å². The van der Waals surface area contributed by atoms with Crippen LogP contribution in [0.3, 0.4) is 0 Å². The van der Waals surface area contributed by atoms with Crippen LogP contribution in [0, 0.1) is 5.92 Å². The second-order valence-corrected chi connectivity index (χ2v) is 7.73. The first-order chi connectivity index (χ1) is 10.9. The van der Waals surface area contributed by atoms with Crippen molar-refractivity contribution in [2.75, 3.05) is 19.6 Å². The van der Waals surface area contributed by atoms with Crippen LogP contribution in [0.5, 0.6) is 0 Å². The SMILES string of the molecule is CC(C)(C)OC(=O)N1CCC(CNC2CCCc3occc32)C1. The van der Waals surface area contributed by atoms with Gasteiger partial charge in [0.1, 0.15) is 11.4 Å². The lowest BCUT2D eigenvalue weighted by Crippen LogP contribution is -2.36. The summed E-state index contributed by atoms with van der Waals surface area (Å²) in [4.78, 5) is 13.9. The van der Waals surface area contributed by atoms with Gasteiger partial charge in [0.15, 0.2) is 0 Å². The second kappa shape index (κ2) is 6.56. The average molecular weight is 320 g/mol. The van der Waals surface area contributed by atoms with E-state index in [-0.39, 0.29) is 6.09 Å². The van der Waals surface area contributed by atoms with Gasteiger partial charge in [-0.25, -0.2) is 4.79 Å². The Kier molecular flexibility index (Phi) is 4.67. The molecular weight excluding hydrogens is 292 g/mol. The van der Waals surface area contributed by atoms with Gasteiger partial charge in [0.25, 0.3) is 0 Å². The van der Waals surface area contributed by atoms with E-state index in [0.29, 0.717) is 12.0 Å². The molecule has 1 aromatic heterocycles. The smallest absolute Gasteiger partial charge is 0.410 e. The fraction of sp³-hybridized carbons (Fsp3) is 0.722. The number of hydrogen-bond donors (Lipinski definition) is 1. The van der Waals surface area contributed by atoms with Crippen LogP contribution in [0.1, 0.15) is 57.4 Å². The molecule has 1 aliphatic heterocycles. The molecule has 2 atom stereocenters. The molecule has 0 saturated carbocycles. The molecule has 2 heterocycles. The van der Waals surface area contributed by atoms with Gasteiger partial charge in [-0.15, -0.1) is 0 Å². The molecule has 0 radical (unpaired) electrons. The number of likely N-dealkylation sites (tertiary alicyclic amines) is 1. The van der Waals surface area contributed by atoms with E-state index in [1.807, 2.05) is 25.7 Å².